The van der Waals surface area contributed by atoms with Gasteiger partial charge in [-0.15, -0.1) is 0 Å². The third-order valence-electron chi connectivity index (χ3n) is 6.47. The molecule has 2 N–H and O–H groups in total. The van der Waals surface area contributed by atoms with Crippen molar-refractivity contribution < 1.29 is 33.3 Å². The molecule has 1 aromatic heterocycles. The summed E-state index contributed by atoms with van der Waals surface area (Å²) in [6.07, 6.45) is 0.800. The van der Waals surface area contributed by atoms with Gasteiger partial charge in [0.2, 0.25) is 12.7 Å². The van der Waals surface area contributed by atoms with Crippen molar-refractivity contribution in [2.24, 2.45) is 0 Å². The van der Waals surface area contributed by atoms with Crippen molar-refractivity contribution in [1.82, 2.24) is 20.1 Å². The summed E-state index contributed by atoms with van der Waals surface area (Å²) in [4.78, 5) is 21.3. The summed E-state index contributed by atoms with van der Waals surface area (Å²) in [5.41, 5.74) is 1.15. The molecule has 0 radical (unpaired) electrons. The zero-order valence-corrected chi connectivity index (χ0v) is 21.3. The van der Waals surface area contributed by atoms with Crippen LogP contribution < -0.4 is 24.3 Å². The molecule has 0 spiro atoms. The molecule has 1 saturated heterocycles. The number of ether oxygens (including phenoxy) is 4. The first-order chi connectivity index (χ1) is 18.6. The number of carbonyl (C=O) groups is 1. The summed E-state index contributed by atoms with van der Waals surface area (Å²) in [7, 11) is 1.62. The molecule has 0 aliphatic carbocycles. The van der Waals surface area contributed by atoms with Gasteiger partial charge in [0.25, 0.3) is 5.91 Å². The van der Waals surface area contributed by atoms with Crippen LogP contribution in [0.15, 0.2) is 53.1 Å². The first kappa shape index (κ1) is 25.8. The zero-order chi connectivity index (χ0) is 26.3. The molecule has 5 rings (SSSR count). The van der Waals surface area contributed by atoms with Crippen molar-refractivity contribution in [3.8, 4) is 23.0 Å². The van der Waals surface area contributed by atoms with E-state index in [1.54, 1.807) is 7.11 Å². The Balaban J connectivity index is 1.01. The van der Waals surface area contributed by atoms with Gasteiger partial charge < -0.3 is 33.8 Å². The van der Waals surface area contributed by atoms with Gasteiger partial charge in [0.15, 0.2) is 17.2 Å². The van der Waals surface area contributed by atoms with Crippen molar-refractivity contribution in [2.75, 3.05) is 53.2 Å². The van der Waals surface area contributed by atoms with Crippen molar-refractivity contribution in [1.29, 1.82) is 0 Å². The number of amides is 1. The quantitative estimate of drug-likeness (QED) is 0.385. The Bertz CT molecular complexity index is 1210. The second kappa shape index (κ2) is 12.2. The molecule has 11 nitrogen and oxygen atoms in total. The number of piperazine rings is 1. The standard InChI is InChI=1S/C27H32N4O7/c1-34-21-3-5-22(6-4-21)35-16-20(32)14-30-8-10-31(11-9-30)15-26-29-23(17-36-26)27(33)28-13-19-2-7-24-25(12-19)38-18-37-24/h2-7,12,17,20,32H,8-11,13-16,18H2,1H3,(H,28,33)/t20-/m1/s1. The second-order valence-electron chi connectivity index (χ2n) is 9.21. The van der Waals surface area contributed by atoms with Gasteiger partial charge in [-0.2, -0.15) is 0 Å². The average molecular weight is 525 g/mol. The lowest BCUT2D eigenvalue weighted by Crippen LogP contribution is -2.48. The number of hydrogen-bond donors (Lipinski definition) is 2. The van der Waals surface area contributed by atoms with Crippen LogP contribution in [0.25, 0.3) is 0 Å². The Morgan fingerprint density at radius 1 is 1.05 bits per heavy atom. The Hall–Kier alpha value is -3.80. The molecular weight excluding hydrogens is 492 g/mol. The van der Waals surface area contributed by atoms with Gasteiger partial charge in [-0.3, -0.25) is 14.6 Å². The number of carbonyl (C=O) groups excluding carboxylic acids is 1. The topological polar surface area (TPSA) is 119 Å². The van der Waals surface area contributed by atoms with E-state index in [1.807, 2.05) is 42.5 Å². The smallest absolute Gasteiger partial charge is 0.273 e. The minimum absolute atomic E-state index is 0.212. The highest BCUT2D eigenvalue weighted by Crippen LogP contribution is 2.32. The summed E-state index contributed by atoms with van der Waals surface area (Å²) >= 11 is 0. The van der Waals surface area contributed by atoms with Crippen molar-refractivity contribution in [3.05, 3.63) is 65.9 Å². The number of hydrogen-bond acceptors (Lipinski definition) is 10. The number of nitrogens with one attached hydrogen (secondary N) is 1. The van der Waals surface area contributed by atoms with Crippen molar-refractivity contribution in [3.63, 3.8) is 0 Å². The van der Waals surface area contributed by atoms with Crippen LogP contribution in [0.2, 0.25) is 0 Å². The maximum absolute atomic E-state index is 12.5. The number of β-amino-alcohol motifs (C(OH)–C–C–N with tert-alkyl or cyclic N) is 1. The fourth-order valence-corrected chi connectivity index (χ4v) is 4.35. The molecule has 3 aromatic rings. The lowest BCUT2D eigenvalue weighted by molar-refractivity contribution is 0.0430. The molecular formula is C27H32N4O7. The second-order valence-corrected chi connectivity index (χ2v) is 9.21. The normalized spacial score (nSPS) is 16.3. The molecule has 1 amide bonds. The molecule has 1 fully saturated rings. The highest BCUT2D eigenvalue weighted by atomic mass is 16.7. The summed E-state index contributed by atoms with van der Waals surface area (Å²) < 4.78 is 27.1. The molecule has 0 bridgehead atoms. The van der Waals surface area contributed by atoms with Crippen LogP contribution in [0.1, 0.15) is 21.9 Å². The van der Waals surface area contributed by atoms with E-state index in [1.165, 1.54) is 6.26 Å². The zero-order valence-electron chi connectivity index (χ0n) is 21.3. The Morgan fingerprint density at radius 3 is 2.58 bits per heavy atom. The molecule has 3 heterocycles. The van der Waals surface area contributed by atoms with E-state index in [2.05, 4.69) is 20.1 Å². The number of benzene rings is 2. The van der Waals surface area contributed by atoms with Gasteiger partial charge in [-0.05, 0) is 42.0 Å². The molecule has 11 heteroatoms. The van der Waals surface area contributed by atoms with E-state index in [4.69, 9.17) is 23.4 Å². The molecule has 0 saturated carbocycles. The van der Waals surface area contributed by atoms with Crippen LogP contribution in [-0.4, -0.2) is 85.1 Å². The van der Waals surface area contributed by atoms with Crippen LogP contribution in [0.3, 0.4) is 0 Å². The first-order valence-electron chi connectivity index (χ1n) is 12.6. The van der Waals surface area contributed by atoms with E-state index in [0.29, 0.717) is 42.8 Å². The molecule has 38 heavy (non-hydrogen) atoms. The Morgan fingerprint density at radius 2 is 1.79 bits per heavy atom. The highest BCUT2D eigenvalue weighted by molar-refractivity contribution is 5.91. The fourth-order valence-electron chi connectivity index (χ4n) is 4.35. The van der Waals surface area contributed by atoms with Gasteiger partial charge in [0, 0.05) is 39.3 Å². The number of methoxy groups -OCH3 is 1. The van der Waals surface area contributed by atoms with E-state index in [-0.39, 0.29) is 25.0 Å². The predicted molar refractivity (Wildman–Crippen MR) is 136 cm³/mol. The number of aliphatic hydroxyl groups is 1. The number of oxazole rings is 1. The van der Waals surface area contributed by atoms with E-state index >= 15 is 0 Å². The fraction of sp³-hybridized carbons (Fsp3) is 0.407. The van der Waals surface area contributed by atoms with Crippen LogP contribution in [-0.2, 0) is 13.1 Å². The van der Waals surface area contributed by atoms with Crippen LogP contribution in [0.5, 0.6) is 23.0 Å². The van der Waals surface area contributed by atoms with E-state index in [0.717, 1.165) is 37.5 Å². The van der Waals surface area contributed by atoms with Gasteiger partial charge in [0.1, 0.15) is 30.5 Å². The molecule has 1 atom stereocenters. The largest absolute Gasteiger partial charge is 0.497 e. The molecule has 0 unspecified atom stereocenters. The first-order valence-corrected chi connectivity index (χ1v) is 12.6. The summed E-state index contributed by atoms with van der Waals surface area (Å²) in [5.74, 6) is 3.04. The number of aromatic nitrogens is 1. The number of rotatable bonds is 11. The average Bonchev–Trinajstić information content (AvgIpc) is 3.61. The maximum atomic E-state index is 12.5. The predicted octanol–water partition coefficient (Wildman–Crippen LogP) is 1.90. The highest BCUT2D eigenvalue weighted by Gasteiger charge is 2.22. The van der Waals surface area contributed by atoms with E-state index in [9.17, 15) is 9.90 Å². The van der Waals surface area contributed by atoms with Crippen LogP contribution in [0.4, 0.5) is 0 Å². The van der Waals surface area contributed by atoms with Gasteiger partial charge >= 0.3 is 0 Å². The lowest BCUT2D eigenvalue weighted by atomic mass is 10.2. The summed E-state index contributed by atoms with van der Waals surface area (Å²) in [5, 5.41) is 13.3. The van der Waals surface area contributed by atoms with Crippen LogP contribution in [0, 0.1) is 0 Å². The molecule has 2 aliphatic heterocycles. The Kier molecular flexibility index (Phi) is 8.27. The number of fused-ring (bicyclic) bond motifs is 1. The van der Waals surface area contributed by atoms with Gasteiger partial charge in [-0.25, -0.2) is 4.98 Å². The number of nitrogens with zero attached hydrogens (tertiary/aromatic N) is 3. The monoisotopic (exact) mass is 524 g/mol. The Labute approximate surface area is 220 Å². The van der Waals surface area contributed by atoms with Crippen molar-refractivity contribution >= 4 is 5.91 Å². The van der Waals surface area contributed by atoms with Crippen LogP contribution >= 0.6 is 0 Å². The SMILES string of the molecule is COc1ccc(OC[C@H](O)CN2CCN(Cc3nc(C(=O)NCc4ccc5c(c4)OCO5)co3)CC2)cc1. The summed E-state index contributed by atoms with van der Waals surface area (Å²) in [6.45, 7) is 5.07. The lowest BCUT2D eigenvalue weighted by Gasteiger charge is -2.34. The minimum Gasteiger partial charge on any atom is -0.497 e. The third-order valence-corrected chi connectivity index (χ3v) is 6.47. The molecule has 2 aliphatic rings. The third kappa shape index (κ3) is 6.74. The molecule has 2 aromatic carbocycles. The number of aliphatic hydroxyl groups excluding tert-OH is 1. The minimum atomic E-state index is -0.589. The molecule has 202 valence electrons. The van der Waals surface area contributed by atoms with Gasteiger partial charge in [0.05, 0.1) is 13.7 Å². The summed E-state index contributed by atoms with van der Waals surface area (Å²) in [6, 6.07) is 12.9. The van der Waals surface area contributed by atoms with Crippen molar-refractivity contribution in [2.45, 2.75) is 19.2 Å². The maximum Gasteiger partial charge on any atom is 0.273 e. The van der Waals surface area contributed by atoms with E-state index < -0.39 is 6.10 Å². The van der Waals surface area contributed by atoms with Gasteiger partial charge in [-0.1, -0.05) is 6.07 Å².